The molecule has 0 aromatic carbocycles. The van der Waals surface area contributed by atoms with Gasteiger partial charge in [0.1, 0.15) is 6.26 Å². The average molecular weight is 280 g/mol. The van der Waals surface area contributed by atoms with Gasteiger partial charge in [0.2, 0.25) is 5.91 Å². The van der Waals surface area contributed by atoms with Gasteiger partial charge in [0.15, 0.2) is 0 Å². The third-order valence-corrected chi connectivity index (χ3v) is 3.34. The maximum absolute atomic E-state index is 12.3. The van der Waals surface area contributed by atoms with Gasteiger partial charge in [-0.1, -0.05) is 0 Å². The van der Waals surface area contributed by atoms with Crippen LogP contribution in [0.25, 0.3) is 0 Å². The Balaban J connectivity index is 2.65. The zero-order valence-electron chi connectivity index (χ0n) is 12.8. The Labute approximate surface area is 120 Å². The molecule has 0 aliphatic rings. The molecule has 0 fully saturated rings. The van der Waals surface area contributed by atoms with Gasteiger partial charge in [0, 0.05) is 32.1 Å². The second-order valence-electron chi connectivity index (χ2n) is 4.92. The molecule has 0 saturated heterocycles. The summed E-state index contributed by atoms with van der Waals surface area (Å²) < 4.78 is 4.94. The van der Waals surface area contributed by atoms with Crippen LogP contribution in [0.1, 0.15) is 44.5 Å². The highest BCUT2D eigenvalue weighted by molar-refractivity contribution is 5.94. The fraction of sp³-hybridized carbons (Fsp3) is 0.600. The number of rotatable bonds is 7. The van der Waals surface area contributed by atoms with Crippen molar-refractivity contribution in [2.75, 3.05) is 19.6 Å². The maximum atomic E-state index is 12.3. The molecule has 0 atom stereocenters. The van der Waals surface area contributed by atoms with Gasteiger partial charge in [-0.15, -0.1) is 0 Å². The molecule has 20 heavy (non-hydrogen) atoms. The van der Waals surface area contributed by atoms with E-state index in [1.807, 2.05) is 27.7 Å². The van der Waals surface area contributed by atoms with Crippen molar-refractivity contribution in [2.24, 2.45) is 0 Å². The molecule has 5 heteroatoms. The molecule has 5 nitrogen and oxygen atoms in total. The van der Waals surface area contributed by atoms with Gasteiger partial charge in [-0.3, -0.25) is 9.59 Å². The van der Waals surface area contributed by atoms with Crippen LogP contribution in [0.3, 0.4) is 0 Å². The molecule has 1 aromatic heterocycles. The van der Waals surface area contributed by atoms with Crippen LogP contribution >= 0.6 is 0 Å². The first kappa shape index (κ1) is 16.3. The van der Waals surface area contributed by atoms with Crippen LogP contribution in [-0.4, -0.2) is 47.3 Å². The van der Waals surface area contributed by atoms with E-state index in [2.05, 4.69) is 0 Å². The van der Waals surface area contributed by atoms with E-state index in [0.29, 0.717) is 31.6 Å². The van der Waals surface area contributed by atoms with Crippen LogP contribution in [0.5, 0.6) is 0 Å². The summed E-state index contributed by atoms with van der Waals surface area (Å²) in [4.78, 5) is 27.8. The summed E-state index contributed by atoms with van der Waals surface area (Å²) in [5.41, 5.74) is 0.522. The topological polar surface area (TPSA) is 53.8 Å². The van der Waals surface area contributed by atoms with Crippen LogP contribution in [0.2, 0.25) is 0 Å². The molecule has 0 radical (unpaired) electrons. The van der Waals surface area contributed by atoms with Crippen molar-refractivity contribution in [1.29, 1.82) is 0 Å². The standard InChI is InChI=1S/C15H24N2O3/c1-5-16(6-2)14(18)7-9-17(12(3)4)15(19)13-8-10-20-11-13/h8,10-12H,5-7,9H2,1-4H3. The number of hydrogen-bond donors (Lipinski definition) is 0. The minimum Gasteiger partial charge on any atom is -0.472 e. The largest absolute Gasteiger partial charge is 0.472 e. The van der Waals surface area contributed by atoms with E-state index in [4.69, 9.17) is 4.42 Å². The van der Waals surface area contributed by atoms with E-state index in [1.165, 1.54) is 12.5 Å². The van der Waals surface area contributed by atoms with E-state index in [-0.39, 0.29) is 17.9 Å². The minimum absolute atomic E-state index is 0.0434. The third-order valence-electron chi connectivity index (χ3n) is 3.34. The molecule has 0 aliphatic carbocycles. The molecule has 112 valence electrons. The second-order valence-corrected chi connectivity index (χ2v) is 4.92. The van der Waals surface area contributed by atoms with Crippen LogP contribution in [0.15, 0.2) is 23.0 Å². The Kier molecular flexibility index (Phi) is 6.28. The number of carbonyl (C=O) groups excluding carboxylic acids is 2. The summed E-state index contributed by atoms with van der Waals surface area (Å²) in [7, 11) is 0. The first-order chi connectivity index (χ1) is 9.51. The first-order valence-corrected chi connectivity index (χ1v) is 7.12. The number of amides is 2. The van der Waals surface area contributed by atoms with Gasteiger partial charge in [-0.25, -0.2) is 0 Å². The Morgan fingerprint density at radius 3 is 2.35 bits per heavy atom. The van der Waals surface area contributed by atoms with Crippen molar-refractivity contribution >= 4 is 11.8 Å². The smallest absolute Gasteiger partial charge is 0.257 e. The first-order valence-electron chi connectivity index (χ1n) is 7.12. The lowest BCUT2D eigenvalue weighted by atomic mass is 10.2. The molecular weight excluding hydrogens is 256 g/mol. The molecule has 0 aliphatic heterocycles. The molecule has 1 aromatic rings. The molecule has 0 saturated carbocycles. The highest BCUT2D eigenvalue weighted by atomic mass is 16.3. The molecule has 0 N–H and O–H groups in total. The van der Waals surface area contributed by atoms with Crippen molar-refractivity contribution in [3.63, 3.8) is 0 Å². The van der Waals surface area contributed by atoms with Gasteiger partial charge >= 0.3 is 0 Å². The lowest BCUT2D eigenvalue weighted by Crippen LogP contribution is -2.40. The van der Waals surface area contributed by atoms with Gasteiger partial charge in [0.25, 0.3) is 5.91 Å². The minimum atomic E-state index is -0.0962. The predicted molar refractivity (Wildman–Crippen MR) is 77.4 cm³/mol. The predicted octanol–water partition coefficient (Wildman–Crippen LogP) is 2.39. The van der Waals surface area contributed by atoms with Gasteiger partial charge in [-0.2, -0.15) is 0 Å². The Bertz CT molecular complexity index is 422. The summed E-state index contributed by atoms with van der Waals surface area (Å²) in [6.07, 6.45) is 3.26. The number of furan rings is 1. The summed E-state index contributed by atoms with van der Waals surface area (Å²) in [6.45, 7) is 9.63. The quantitative estimate of drug-likeness (QED) is 0.770. The van der Waals surface area contributed by atoms with Crippen molar-refractivity contribution < 1.29 is 14.0 Å². The van der Waals surface area contributed by atoms with Crippen molar-refractivity contribution in [1.82, 2.24) is 9.80 Å². The zero-order chi connectivity index (χ0) is 15.1. The fourth-order valence-electron chi connectivity index (χ4n) is 2.10. The van der Waals surface area contributed by atoms with Crippen LogP contribution in [0.4, 0.5) is 0 Å². The van der Waals surface area contributed by atoms with Crippen molar-refractivity contribution in [3.8, 4) is 0 Å². The molecule has 0 unspecified atom stereocenters. The van der Waals surface area contributed by atoms with E-state index >= 15 is 0 Å². The maximum Gasteiger partial charge on any atom is 0.257 e. The summed E-state index contributed by atoms with van der Waals surface area (Å²) in [5.74, 6) is -0.0123. The van der Waals surface area contributed by atoms with Gasteiger partial charge in [0.05, 0.1) is 11.8 Å². The van der Waals surface area contributed by atoms with Crippen molar-refractivity contribution in [2.45, 2.75) is 40.2 Å². The van der Waals surface area contributed by atoms with Crippen LogP contribution < -0.4 is 0 Å². The number of carbonyl (C=O) groups is 2. The van der Waals surface area contributed by atoms with E-state index in [9.17, 15) is 9.59 Å². The summed E-state index contributed by atoms with van der Waals surface area (Å²) >= 11 is 0. The highest BCUT2D eigenvalue weighted by Gasteiger charge is 2.21. The number of nitrogens with zero attached hydrogens (tertiary/aromatic N) is 2. The van der Waals surface area contributed by atoms with Gasteiger partial charge in [-0.05, 0) is 33.8 Å². The normalized spacial score (nSPS) is 10.7. The molecule has 0 bridgehead atoms. The van der Waals surface area contributed by atoms with Crippen molar-refractivity contribution in [3.05, 3.63) is 24.2 Å². The van der Waals surface area contributed by atoms with Gasteiger partial charge < -0.3 is 14.2 Å². The van der Waals surface area contributed by atoms with E-state index in [0.717, 1.165) is 0 Å². The lowest BCUT2D eigenvalue weighted by Gasteiger charge is -2.27. The molecular formula is C15H24N2O3. The van der Waals surface area contributed by atoms with E-state index in [1.54, 1.807) is 15.9 Å². The fourth-order valence-corrected chi connectivity index (χ4v) is 2.10. The number of hydrogen-bond acceptors (Lipinski definition) is 3. The summed E-state index contributed by atoms with van der Waals surface area (Å²) in [5, 5.41) is 0. The van der Waals surface area contributed by atoms with Crippen LogP contribution in [0, 0.1) is 0 Å². The lowest BCUT2D eigenvalue weighted by molar-refractivity contribution is -0.131. The SMILES string of the molecule is CCN(CC)C(=O)CCN(C(=O)c1ccoc1)C(C)C. The van der Waals surface area contributed by atoms with Crippen LogP contribution in [-0.2, 0) is 4.79 Å². The monoisotopic (exact) mass is 280 g/mol. The third kappa shape index (κ3) is 4.11. The molecule has 2 amide bonds. The Morgan fingerprint density at radius 1 is 1.25 bits per heavy atom. The summed E-state index contributed by atoms with van der Waals surface area (Å²) in [6, 6.07) is 1.69. The molecule has 1 heterocycles. The zero-order valence-corrected chi connectivity index (χ0v) is 12.8. The highest BCUT2D eigenvalue weighted by Crippen LogP contribution is 2.10. The van der Waals surface area contributed by atoms with E-state index < -0.39 is 0 Å². The Morgan fingerprint density at radius 2 is 1.90 bits per heavy atom. The molecule has 1 rings (SSSR count). The second kappa shape index (κ2) is 7.72. The Hall–Kier alpha value is -1.78. The average Bonchev–Trinajstić information content (AvgIpc) is 2.93. The molecule has 0 spiro atoms.